The van der Waals surface area contributed by atoms with Gasteiger partial charge in [-0.3, -0.25) is 19.2 Å². The molecule has 0 fully saturated rings. The van der Waals surface area contributed by atoms with Crippen LogP contribution in [0.25, 0.3) is 0 Å². The maximum atomic E-state index is 10.4. The topological polar surface area (TPSA) is 232 Å². The van der Waals surface area contributed by atoms with E-state index in [9.17, 15) is 19.2 Å². The van der Waals surface area contributed by atoms with Gasteiger partial charge in [0.1, 0.15) is 0 Å². The first-order valence-electron chi connectivity index (χ1n) is 6.87. The molecular formula is C12H20Cl2N8NiO4-2. The molecule has 0 saturated carbocycles. The van der Waals surface area contributed by atoms with Crippen molar-refractivity contribution < 1.29 is 16.5 Å². The van der Waals surface area contributed by atoms with Crippen LogP contribution in [0.15, 0.2) is 31.6 Å². The maximum absolute atomic E-state index is 10.4. The van der Waals surface area contributed by atoms with E-state index in [2.05, 4.69) is 9.97 Å². The first kappa shape index (κ1) is 30.0. The van der Waals surface area contributed by atoms with Crippen molar-refractivity contribution >= 4 is 23.2 Å². The molecule has 10 N–H and O–H groups in total. The molecule has 12 nitrogen and oxygen atoms in total. The minimum atomic E-state index is -0.676. The standard InChI is InChI=1S/2C4H3ClN2O2.2C2H8N2.Ni/c2*5-2-1-6-4(9)7-3(2)8;2*3-1-2-4;/h2*1H,(H2,6,7,8,9);2*1-4H2;/p-2. The molecule has 0 amide bonds. The van der Waals surface area contributed by atoms with Crippen LogP contribution < -0.4 is 55.4 Å². The quantitative estimate of drug-likeness (QED) is 0.237. The fraction of sp³-hybridized carbons (Fsp3) is 0.333. The molecule has 27 heavy (non-hydrogen) atoms. The summed E-state index contributed by atoms with van der Waals surface area (Å²) >= 11 is 10.5. The fourth-order valence-electron chi connectivity index (χ4n) is 0.726. The third-order valence-electron chi connectivity index (χ3n) is 1.80. The van der Waals surface area contributed by atoms with E-state index in [1.165, 1.54) is 0 Å². The predicted octanol–water partition coefficient (Wildman–Crippen LogP) is -3.50. The molecule has 0 aromatic carbocycles. The largest absolute Gasteiger partial charge is 0.406 e. The molecule has 0 aliphatic rings. The van der Waals surface area contributed by atoms with E-state index in [-0.39, 0.29) is 26.5 Å². The maximum Gasteiger partial charge on any atom is 0.189 e. The van der Waals surface area contributed by atoms with Crippen LogP contribution in [0.5, 0.6) is 0 Å². The van der Waals surface area contributed by atoms with Gasteiger partial charge in [0, 0.05) is 42.7 Å². The van der Waals surface area contributed by atoms with E-state index in [1.807, 2.05) is 9.97 Å². The summed E-state index contributed by atoms with van der Waals surface area (Å²) in [7, 11) is 0. The third kappa shape index (κ3) is 17.4. The van der Waals surface area contributed by atoms with Gasteiger partial charge < -0.3 is 42.9 Å². The minimum absolute atomic E-state index is 0. The Hall–Kier alpha value is -1.73. The molecule has 15 heteroatoms. The monoisotopic (exact) mass is 468 g/mol. The van der Waals surface area contributed by atoms with Crippen molar-refractivity contribution in [1.29, 1.82) is 0 Å². The molecule has 0 saturated heterocycles. The van der Waals surface area contributed by atoms with Gasteiger partial charge in [0.15, 0.2) is 22.5 Å². The smallest absolute Gasteiger partial charge is 0.189 e. The fourth-order valence-corrected chi connectivity index (χ4v) is 0.918. The summed E-state index contributed by atoms with van der Waals surface area (Å²) in [5.41, 5.74) is 17.1. The number of nitrogens with two attached hydrogens (primary N) is 4. The van der Waals surface area contributed by atoms with Crippen LogP contribution in [0.3, 0.4) is 0 Å². The van der Waals surface area contributed by atoms with Crippen molar-refractivity contribution in [3.63, 3.8) is 0 Å². The molecule has 0 unspecified atom stereocenters. The zero-order valence-corrected chi connectivity index (χ0v) is 16.4. The number of halogens is 2. The first-order valence-corrected chi connectivity index (χ1v) is 7.62. The normalized spacial score (nSPS) is 8.52. The molecular weight excluding hydrogens is 450 g/mol. The van der Waals surface area contributed by atoms with Crippen molar-refractivity contribution in [3.8, 4) is 0 Å². The number of rotatable bonds is 2. The van der Waals surface area contributed by atoms with Gasteiger partial charge in [-0.25, -0.2) is 0 Å². The Morgan fingerprint density at radius 2 is 0.963 bits per heavy atom. The van der Waals surface area contributed by atoms with E-state index in [4.69, 9.17) is 46.1 Å². The summed E-state index contributed by atoms with van der Waals surface area (Å²) in [5.74, 6) is 0. The van der Waals surface area contributed by atoms with E-state index in [1.54, 1.807) is 0 Å². The molecule has 2 aromatic rings. The van der Waals surface area contributed by atoms with E-state index < -0.39 is 22.5 Å². The Labute approximate surface area is 173 Å². The molecule has 0 aliphatic heterocycles. The second-order valence-electron chi connectivity index (χ2n) is 3.89. The Morgan fingerprint density at radius 1 is 0.704 bits per heavy atom. The molecule has 158 valence electrons. The Kier molecular flexibility index (Phi) is 21.2. The molecule has 2 rings (SSSR count). The minimum Gasteiger partial charge on any atom is -0.406 e. The summed E-state index contributed by atoms with van der Waals surface area (Å²) < 4.78 is 0. The van der Waals surface area contributed by atoms with Crippen molar-refractivity contribution in [3.05, 3.63) is 64.1 Å². The zero-order valence-electron chi connectivity index (χ0n) is 13.9. The first-order chi connectivity index (χ1) is 12.2. The third-order valence-corrected chi connectivity index (χ3v) is 2.34. The van der Waals surface area contributed by atoms with Crippen LogP contribution in [0, 0.1) is 0 Å². The second-order valence-corrected chi connectivity index (χ2v) is 4.70. The average Bonchev–Trinajstić information content (AvgIpc) is 2.63. The summed E-state index contributed by atoms with van der Waals surface area (Å²) in [6.07, 6.45) is 2.03. The molecule has 2 aromatic heterocycles. The molecule has 0 atom stereocenters. The molecule has 0 bridgehead atoms. The second kappa shape index (κ2) is 19.0. The van der Waals surface area contributed by atoms with Crippen LogP contribution in [-0.2, 0) is 16.5 Å². The van der Waals surface area contributed by atoms with Crippen molar-refractivity contribution in [2.75, 3.05) is 26.2 Å². The van der Waals surface area contributed by atoms with Gasteiger partial charge in [-0.15, -0.1) is 0 Å². The molecule has 2 heterocycles. The number of aromatic amines is 2. The summed E-state index contributed by atoms with van der Waals surface area (Å²) in [4.78, 5) is 51.4. The van der Waals surface area contributed by atoms with Gasteiger partial charge in [0.2, 0.25) is 0 Å². The summed E-state index contributed by atoms with van der Waals surface area (Å²) in [6.45, 7) is 2.39. The van der Waals surface area contributed by atoms with Crippen LogP contribution in [-0.4, -0.2) is 36.1 Å². The number of nitrogens with one attached hydrogen (secondary N) is 2. The zero-order chi connectivity index (χ0) is 20.5. The van der Waals surface area contributed by atoms with Crippen molar-refractivity contribution in [2.24, 2.45) is 22.9 Å². The summed E-state index contributed by atoms with van der Waals surface area (Å²) in [5, 5.41) is -0.149. The summed E-state index contributed by atoms with van der Waals surface area (Å²) in [6, 6.07) is 0. The number of hydrogen-bond donors (Lipinski definition) is 6. The Bertz CT molecular complexity index is 762. The van der Waals surface area contributed by atoms with Gasteiger partial charge in [-0.2, -0.15) is 0 Å². The molecule has 0 radical (unpaired) electrons. The van der Waals surface area contributed by atoms with Crippen molar-refractivity contribution in [2.45, 2.75) is 0 Å². The van der Waals surface area contributed by atoms with Crippen LogP contribution in [0.1, 0.15) is 0 Å². The van der Waals surface area contributed by atoms with E-state index in [0.717, 1.165) is 12.4 Å². The number of aromatic nitrogens is 4. The van der Waals surface area contributed by atoms with Crippen LogP contribution >= 0.6 is 23.2 Å². The SMILES string of the molecule is NCCN.NCCN.O=c1[n-]cc(Cl)c(=O)[nH]1.O=c1[n-]cc(Cl)c(=O)[nH]1.[Ni]. The Morgan fingerprint density at radius 3 is 1.11 bits per heavy atom. The van der Waals surface area contributed by atoms with Crippen molar-refractivity contribution in [1.82, 2.24) is 19.9 Å². The molecule has 0 aliphatic carbocycles. The van der Waals surface area contributed by atoms with Gasteiger partial charge in [-0.05, 0) is 0 Å². The average molecular weight is 470 g/mol. The predicted molar refractivity (Wildman–Crippen MR) is 99.5 cm³/mol. The number of hydrogen-bond acceptors (Lipinski definition) is 8. The van der Waals surface area contributed by atoms with E-state index in [0.29, 0.717) is 26.2 Å². The van der Waals surface area contributed by atoms with Gasteiger partial charge in [0.25, 0.3) is 0 Å². The Balaban J connectivity index is -0.000000303. The van der Waals surface area contributed by atoms with Gasteiger partial charge >= 0.3 is 0 Å². The molecule has 0 spiro atoms. The van der Waals surface area contributed by atoms with Gasteiger partial charge in [-0.1, -0.05) is 35.6 Å². The van der Waals surface area contributed by atoms with Gasteiger partial charge in [0.05, 0.1) is 10.0 Å². The van der Waals surface area contributed by atoms with Crippen LogP contribution in [0.2, 0.25) is 10.0 Å². The number of H-pyrrole nitrogens is 2. The van der Waals surface area contributed by atoms with E-state index >= 15 is 0 Å². The number of nitrogens with zero attached hydrogens (tertiary/aromatic N) is 2. The van der Waals surface area contributed by atoms with Crippen LogP contribution in [0.4, 0.5) is 0 Å².